The summed E-state index contributed by atoms with van der Waals surface area (Å²) in [5.41, 5.74) is 0. The molecule has 0 saturated heterocycles. The van der Waals surface area contributed by atoms with E-state index in [2.05, 4.69) is 12.2 Å². The van der Waals surface area contributed by atoms with Gasteiger partial charge >= 0.3 is 0 Å². The zero-order valence-corrected chi connectivity index (χ0v) is 4.78. The van der Waals surface area contributed by atoms with Crippen molar-refractivity contribution in [3.05, 3.63) is 6.92 Å². The first-order valence-electron chi connectivity index (χ1n) is 2.85. The van der Waals surface area contributed by atoms with Gasteiger partial charge in [0.25, 0.3) is 0 Å². The molecule has 1 radical (unpaired) electrons. The molecule has 0 amide bonds. The van der Waals surface area contributed by atoms with Crippen LogP contribution in [0, 0.1) is 12.8 Å². The molecular formula is C6H12N. The van der Waals surface area contributed by atoms with Crippen molar-refractivity contribution >= 4 is 0 Å². The SMILES string of the molecule is [CH2]C(NC)C1CC1. The van der Waals surface area contributed by atoms with Gasteiger partial charge in [-0.1, -0.05) is 0 Å². The molecular weight excluding hydrogens is 86.1 g/mol. The predicted octanol–water partition coefficient (Wildman–Crippen LogP) is 0.818. The molecule has 0 aliphatic heterocycles. The van der Waals surface area contributed by atoms with Crippen LogP contribution in [0.4, 0.5) is 0 Å². The third kappa shape index (κ3) is 1.16. The Morgan fingerprint density at radius 2 is 2.29 bits per heavy atom. The molecule has 1 unspecified atom stereocenters. The minimum atomic E-state index is 0.514. The quantitative estimate of drug-likeness (QED) is 0.539. The van der Waals surface area contributed by atoms with Gasteiger partial charge in [-0.25, -0.2) is 0 Å². The second-order valence-corrected chi connectivity index (χ2v) is 2.23. The summed E-state index contributed by atoms with van der Waals surface area (Å²) in [7, 11) is 1.97. The number of hydrogen-bond donors (Lipinski definition) is 1. The fourth-order valence-electron chi connectivity index (χ4n) is 0.734. The van der Waals surface area contributed by atoms with E-state index in [0.717, 1.165) is 5.92 Å². The molecule has 1 saturated carbocycles. The van der Waals surface area contributed by atoms with Crippen LogP contribution < -0.4 is 5.32 Å². The Morgan fingerprint density at radius 3 is 2.43 bits per heavy atom. The van der Waals surface area contributed by atoms with Crippen LogP contribution in [0.3, 0.4) is 0 Å². The normalized spacial score (nSPS) is 24.9. The van der Waals surface area contributed by atoms with Crippen LogP contribution in [0.2, 0.25) is 0 Å². The molecule has 1 aliphatic carbocycles. The van der Waals surface area contributed by atoms with Gasteiger partial charge in [-0.3, -0.25) is 0 Å². The Labute approximate surface area is 45.1 Å². The van der Waals surface area contributed by atoms with Crippen LogP contribution in [-0.2, 0) is 0 Å². The molecule has 0 bridgehead atoms. The Balaban J connectivity index is 2.10. The summed E-state index contributed by atoms with van der Waals surface area (Å²) in [6.07, 6.45) is 2.77. The molecule has 1 atom stereocenters. The van der Waals surface area contributed by atoms with Crippen LogP contribution in [0.1, 0.15) is 12.8 Å². The van der Waals surface area contributed by atoms with E-state index in [4.69, 9.17) is 0 Å². The summed E-state index contributed by atoms with van der Waals surface area (Å²) in [5, 5.41) is 3.12. The van der Waals surface area contributed by atoms with Gasteiger partial charge in [-0.15, -0.1) is 0 Å². The summed E-state index contributed by atoms with van der Waals surface area (Å²) in [6.45, 7) is 3.91. The fourth-order valence-corrected chi connectivity index (χ4v) is 0.734. The standard InChI is InChI=1S/C6H12N/c1-5(7-2)6-3-4-6/h5-7H,1,3-4H2,2H3. The molecule has 0 heterocycles. The van der Waals surface area contributed by atoms with Crippen LogP contribution in [-0.4, -0.2) is 13.1 Å². The van der Waals surface area contributed by atoms with E-state index in [1.807, 2.05) is 7.05 Å². The van der Waals surface area contributed by atoms with Crippen molar-refractivity contribution < 1.29 is 0 Å². The highest BCUT2D eigenvalue weighted by Gasteiger charge is 2.26. The van der Waals surface area contributed by atoms with Crippen molar-refractivity contribution in [1.29, 1.82) is 0 Å². The van der Waals surface area contributed by atoms with Crippen molar-refractivity contribution in [1.82, 2.24) is 5.32 Å². The first kappa shape index (κ1) is 5.10. The average molecular weight is 98.2 g/mol. The molecule has 1 nitrogen and oxygen atoms in total. The van der Waals surface area contributed by atoms with E-state index < -0.39 is 0 Å². The van der Waals surface area contributed by atoms with Crippen molar-refractivity contribution in [3.8, 4) is 0 Å². The van der Waals surface area contributed by atoms with Gasteiger partial charge in [-0.2, -0.15) is 0 Å². The van der Waals surface area contributed by atoms with Gasteiger partial charge in [0.2, 0.25) is 0 Å². The van der Waals surface area contributed by atoms with Gasteiger partial charge in [-0.05, 0) is 32.7 Å². The van der Waals surface area contributed by atoms with Crippen LogP contribution in [0.25, 0.3) is 0 Å². The molecule has 41 valence electrons. The average Bonchev–Trinajstić information content (AvgIpc) is 2.44. The van der Waals surface area contributed by atoms with Gasteiger partial charge in [0.05, 0.1) is 0 Å². The van der Waals surface area contributed by atoms with Crippen LogP contribution >= 0.6 is 0 Å². The van der Waals surface area contributed by atoms with Crippen LogP contribution in [0.5, 0.6) is 0 Å². The fraction of sp³-hybridized carbons (Fsp3) is 0.833. The van der Waals surface area contributed by atoms with E-state index in [0.29, 0.717) is 6.04 Å². The summed E-state index contributed by atoms with van der Waals surface area (Å²) < 4.78 is 0. The highest BCUT2D eigenvalue weighted by molar-refractivity contribution is 4.86. The third-order valence-corrected chi connectivity index (χ3v) is 1.56. The molecule has 0 aromatic rings. The summed E-state index contributed by atoms with van der Waals surface area (Å²) in [4.78, 5) is 0. The second-order valence-electron chi connectivity index (χ2n) is 2.23. The lowest BCUT2D eigenvalue weighted by Crippen LogP contribution is -2.23. The van der Waals surface area contributed by atoms with Crippen molar-refractivity contribution in [2.75, 3.05) is 7.05 Å². The molecule has 1 heteroatoms. The van der Waals surface area contributed by atoms with Gasteiger partial charge < -0.3 is 5.32 Å². The Hall–Kier alpha value is -0.0400. The molecule has 1 rings (SSSR count). The van der Waals surface area contributed by atoms with Gasteiger partial charge in [0.1, 0.15) is 0 Å². The maximum absolute atomic E-state index is 3.91. The summed E-state index contributed by atoms with van der Waals surface area (Å²) in [5.74, 6) is 0.894. The van der Waals surface area contributed by atoms with E-state index in [9.17, 15) is 0 Å². The van der Waals surface area contributed by atoms with Crippen LogP contribution in [0.15, 0.2) is 0 Å². The molecule has 0 aromatic carbocycles. The van der Waals surface area contributed by atoms with E-state index in [-0.39, 0.29) is 0 Å². The highest BCUT2D eigenvalue weighted by Crippen LogP contribution is 2.31. The lowest BCUT2D eigenvalue weighted by Gasteiger charge is -2.04. The summed E-state index contributed by atoms with van der Waals surface area (Å²) in [6, 6.07) is 0.514. The molecule has 0 spiro atoms. The smallest absolute Gasteiger partial charge is 0.00929 e. The maximum atomic E-state index is 3.91. The third-order valence-electron chi connectivity index (χ3n) is 1.56. The molecule has 1 fully saturated rings. The van der Waals surface area contributed by atoms with Gasteiger partial charge in [0.15, 0.2) is 0 Å². The summed E-state index contributed by atoms with van der Waals surface area (Å²) >= 11 is 0. The van der Waals surface area contributed by atoms with E-state index in [1.165, 1.54) is 12.8 Å². The Kier molecular flexibility index (Phi) is 1.33. The number of hydrogen-bond acceptors (Lipinski definition) is 1. The monoisotopic (exact) mass is 98.1 g/mol. The Morgan fingerprint density at radius 1 is 1.71 bits per heavy atom. The topological polar surface area (TPSA) is 12.0 Å². The Bertz CT molecular complexity index is 57.2. The highest BCUT2D eigenvalue weighted by atomic mass is 14.9. The lowest BCUT2D eigenvalue weighted by molar-refractivity contribution is 0.593. The first-order chi connectivity index (χ1) is 3.34. The van der Waals surface area contributed by atoms with Crippen molar-refractivity contribution in [2.24, 2.45) is 5.92 Å². The number of nitrogens with one attached hydrogen (secondary N) is 1. The molecule has 1 N–H and O–H groups in total. The second kappa shape index (κ2) is 1.83. The first-order valence-corrected chi connectivity index (χ1v) is 2.85. The van der Waals surface area contributed by atoms with E-state index in [1.54, 1.807) is 0 Å². The van der Waals surface area contributed by atoms with Gasteiger partial charge in [0, 0.05) is 6.04 Å². The largest absolute Gasteiger partial charge is 0.317 e. The molecule has 7 heavy (non-hydrogen) atoms. The maximum Gasteiger partial charge on any atom is 0.00929 e. The lowest BCUT2D eigenvalue weighted by atomic mass is 10.2. The van der Waals surface area contributed by atoms with Crippen molar-refractivity contribution in [3.63, 3.8) is 0 Å². The van der Waals surface area contributed by atoms with E-state index >= 15 is 0 Å². The molecule has 0 aromatic heterocycles. The zero-order valence-electron chi connectivity index (χ0n) is 4.78. The minimum absolute atomic E-state index is 0.514. The minimum Gasteiger partial charge on any atom is -0.317 e. The number of rotatable bonds is 2. The zero-order chi connectivity index (χ0) is 5.28. The molecule has 1 aliphatic rings. The van der Waals surface area contributed by atoms with Crippen molar-refractivity contribution in [2.45, 2.75) is 18.9 Å². The predicted molar refractivity (Wildman–Crippen MR) is 30.9 cm³/mol.